The summed E-state index contributed by atoms with van der Waals surface area (Å²) in [4.78, 5) is 23.6. The molecule has 1 heterocycles. The molecule has 0 saturated heterocycles. The van der Waals surface area contributed by atoms with Crippen molar-refractivity contribution in [2.24, 2.45) is 0 Å². The fourth-order valence-electron chi connectivity index (χ4n) is 1.63. The highest BCUT2D eigenvalue weighted by molar-refractivity contribution is 6.34. The molecule has 1 aromatic carbocycles. The van der Waals surface area contributed by atoms with Gasteiger partial charge in [0.15, 0.2) is 11.6 Å². The molecule has 0 radical (unpaired) electrons. The molecule has 1 aliphatic rings. The molecule has 2 rings (SSSR count). The number of carbonyl (C=O) groups is 2. The van der Waals surface area contributed by atoms with Crippen LogP contribution in [0.4, 0.5) is 0 Å². The number of benzene rings is 1. The van der Waals surface area contributed by atoms with Gasteiger partial charge in [0.25, 0.3) is 0 Å². The van der Waals surface area contributed by atoms with Crippen LogP contribution >= 0.6 is 11.6 Å². The van der Waals surface area contributed by atoms with Crippen molar-refractivity contribution in [2.45, 2.75) is 12.8 Å². The summed E-state index contributed by atoms with van der Waals surface area (Å²) >= 11 is 5.89. The zero-order valence-electron chi connectivity index (χ0n) is 9.11. The van der Waals surface area contributed by atoms with Crippen molar-refractivity contribution in [3.05, 3.63) is 46.7 Å². The number of ether oxygens (including phenoxy) is 1. The van der Waals surface area contributed by atoms with Gasteiger partial charge in [0.1, 0.15) is 0 Å². The summed E-state index contributed by atoms with van der Waals surface area (Å²) in [5.41, 5.74) is 0.965. The SMILES string of the molecule is O=C(CC(=O)c1ccccc1Cl)C1=COCC1. The number of halogens is 1. The molecule has 88 valence electrons. The van der Waals surface area contributed by atoms with Crippen molar-refractivity contribution in [3.63, 3.8) is 0 Å². The molecular weight excluding hydrogens is 240 g/mol. The van der Waals surface area contributed by atoms with Crippen molar-refractivity contribution in [2.75, 3.05) is 6.61 Å². The lowest BCUT2D eigenvalue weighted by Gasteiger charge is -2.02. The van der Waals surface area contributed by atoms with Crippen LogP contribution in [0.2, 0.25) is 5.02 Å². The molecule has 3 nitrogen and oxygen atoms in total. The predicted molar refractivity (Wildman–Crippen MR) is 64.1 cm³/mol. The van der Waals surface area contributed by atoms with Crippen LogP contribution in [-0.2, 0) is 9.53 Å². The molecule has 4 heteroatoms. The van der Waals surface area contributed by atoms with Crippen molar-refractivity contribution < 1.29 is 14.3 Å². The molecular formula is C13H11ClO3. The summed E-state index contributed by atoms with van der Waals surface area (Å²) in [6.07, 6.45) is 1.86. The Bertz CT molecular complexity index is 491. The second-order valence-electron chi connectivity index (χ2n) is 3.77. The summed E-state index contributed by atoms with van der Waals surface area (Å²) < 4.78 is 4.97. The van der Waals surface area contributed by atoms with E-state index in [0.29, 0.717) is 29.2 Å². The molecule has 0 aromatic heterocycles. The minimum absolute atomic E-state index is 0.154. The van der Waals surface area contributed by atoms with Crippen LogP contribution in [0.5, 0.6) is 0 Å². The van der Waals surface area contributed by atoms with Crippen LogP contribution in [0.25, 0.3) is 0 Å². The molecule has 1 aliphatic heterocycles. The van der Waals surface area contributed by atoms with Crippen LogP contribution in [-0.4, -0.2) is 18.2 Å². The Kier molecular flexibility index (Phi) is 3.59. The van der Waals surface area contributed by atoms with Crippen LogP contribution in [0.3, 0.4) is 0 Å². The molecule has 0 unspecified atom stereocenters. The van der Waals surface area contributed by atoms with E-state index in [-0.39, 0.29) is 18.0 Å². The van der Waals surface area contributed by atoms with Gasteiger partial charge in [-0.3, -0.25) is 9.59 Å². The number of ketones is 2. The maximum atomic E-state index is 11.9. The lowest BCUT2D eigenvalue weighted by molar-refractivity contribution is -0.114. The molecule has 0 saturated carbocycles. The van der Waals surface area contributed by atoms with Crippen molar-refractivity contribution in [3.8, 4) is 0 Å². The van der Waals surface area contributed by atoms with Crippen LogP contribution in [0.1, 0.15) is 23.2 Å². The molecule has 0 bridgehead atoms. The highest BCUT2D eigenvalue weighted by Gasteiger charge is 2.19. The van der Waals surface area contributed by atoms with Gasteiger partial charge < -0.3 is 4.74 Å². The zero-order valence-corrected chi connectivity index (χ0v) is 9.87. The maximum Gasteiger partial charge on any atom is 0.172 e. The largest absolute Gasteiger partial charge is 0.500 e. The van der Waals surface area contributed by atoms with Crippen molar-refractivity contribution in [1.29, 1.82) is 0 Å². The Balaban J connectivity index is 2.07. The first-order valence-corrected chi connectivity index (χ1v) is 5.68. The Morgan fingerprint density at radius 1 is 1.24 bits per heavy atom. The quantitative estimate of drug-likeness (QED) is 0.610. The van der Waals surface area contributed by atoms with Gasteiger partial charge in [0, 0.05) is 17.6 Å². The Labute approximate surface area is 104 Å². The van der Waals surface area contributed by atoms with Gasteiger partial charge in [-0.05, 0) is 12.1 Å². The highest BCUT2D eigenvalue weighted by atomic mass is 35.5. The fraction of sp³-hybridized carbons (Fsp3) is 0.231. The topological polar surface area (TPSA) is 43.4 Å². The van der Waals surface area contributed by atoms with Gasteiger partial charge in [-0.2, -0.15) is 0 Å². The number of rotatable bonds is 4. The first-order chi connectivity index (χ1) is 8.18. The summed E-state index contributed by atoms with van der Waals surface area (Å²) in [6, 6.07) is 6.73. The third kappa shape index (κ3) is 2.74. The monoisotopic (exact) mass is 250 g/mol. The van der Waals surface area contributed by atoms with E-state index in [9.17, 15) is 9.59 Å². The number of Topliss-reactive ketones (excluding diaryl/α,β-unsaturated/α-hetero) is 2. The predicted octanol–water partition coefficient (Wildman–Crippen LogP) is 2.79. The molecule has 0 spiro atoms. The molecule has 0 aliphatic carbocycles. The minimum atomic E-state index is -0.256. The average molecular weight is 251 g/mol. The van der Waals surface area contributed by atoms with E-state index < -0.39 is 0 Å². The molecule has 0 fully saturated rings. The van der Waals surface area contributed by atoms with Gasteiger partial charge in [0.05, 0.1) is 24.3 Å². The van der Waals surface area contributed by atoms with E-state index in [2.05, 4.69) is 0 Å². The van der Waals surface area contributed by atoms with Gasteiger partial charge in [-0.25, -0.2) is 0 Å². The number of carbonyl (C=O) groups excluding carboxylic acids is 2. The Morgan fingerprint density at radius 2 is 2.00 bits per heavy atom. The second-order valence-corrected chi connectivity index (χ2v) is 4.17. The van der Waals surface area contributed by atoms with Crippen LogP contribution in [0.15, 0.2) is 36.1 Å². The second kappa shape index (κ2) is 5.15. The van der Waals surface area contributed by atoms with Crippen molar-refractivity contribution in [1.82, 2.24) is 0 Å². The average Bonchev–Trinajstić information content (AvgIpc) is 2.82. The summed E-state index contributed by atoms with van der Waals surface area (Å²) in [5.74, 6) is -0.444. The highest BCUT2D eigenvalue weighted by Crippen LogP contribution is 2.19. The normalized spacial score (nSPS) is 14.1. The number of hydrogen-bond donors (Lipinski definition) is 0. The smallest absolute Gasteiger partial charge is 0.172 e. The van der Waals surface area contributed by atoms with E-state index in [1.165, 1.54) is 6.26 Å². The third-order valence-electron chi connectivity index (χ3n) is 2.57. The Morgan fingerprint density at radius 3 is 2.65 bits per heavy atom. The molecule has 0 N–H and O–H groups in total. The van der Waals surface area contributed by atoms with Gasteiger partial charge >= 0.3 is 0 Å². The number of hydrogen-bond acceptors (Lipinski definition) is 3. The molecule has 0 amide bonds. The van der Waals surface area contributed by atoms with E-state index in [1.807, 2.05) is 0 Å². The van der Waals surface area contributed by atoms with Gasteiger partial charge in [-0.1, -0.05) is 23.7 Å². The summed E-state index contributed by atoms with van der Waals surface area (Å²) in [7, 11) is 0. The van der Waals surface area contributed by atoms with Crippen molar-refractivity contribution >= 4 is 23.2 Å². The lowest BCUT2D eigenvalue weighted by Crippen LogP contribution is -2.10. The first-order valence-electron chi connectivity index (χ1n) is 5.30. The van der Waals surface area contributed by atoms with Gasteiger partial charge in [0.2, 0.25) is 0 Å². The molecule has 0 atom stereocenters. The van der Waals surface area contributed by atoms with Gasteiger partial charge in [-0.15, -0.1) is 0 Å². The lowest BCUT2D eigenvalue weighted by atomic mass is 10.0. The standard InChI is InChI=1S/C13H11ClO3/c14-11-4-2-1-3-10(11)13(16)7-12(15)9-5-6-17-8-9/h1-4,8H,5-7H2. The zero-order chi connectivity index (χ0) is 12.3. The van der Waals surface area contributed by atoms with E-state index in [0.717, 1.165) is 0 Å². The van der Waals surface area contributed by atoms with E-state index >= 15 is 0 Å². The molecule has 1 aromatic rings. The Hall–Kier alpha value is -1.61. The van der Waals surface area contributed by atoms with Crippen LogP contribution < -0.4 is 0 Å². The molecule has 17 heavy (non-hydrogen) atoms. The van der Waals surface area contributed by atoms with E-state index in [4.69, 9.17) is 16.3 Å². The fourth-order valence-corrected chi connectivity index (χ4v) is 1.88. The first kappa shape index (κ1) is 11.9. The maximum absolute atomic E-state index is 11.9. The third-order valence-corrected chi connectivity index (χ3v) is 2.90. The minimum Gasteiger partial charge on any atom is -0.500 e. The summed E-state index contributed by atoms with van der Waals surface area (Å²) in [5, 5.41) is 0.377. The summed E-state index contributed by atoms with van der Waals surface area (Å²) in [6.45, 7) is 0.515. The van der Waals surface area contributed by atoms with Crippen LogP contribution in [0, 0.1) is 0 Å². The van der Waals surface area contributed by atoms with E-state index in [1.54, 1.807) is 24.3 Å².